The van der Waals surface area contributed by atoms with Gasteiger partial charge < -0.3 is 5.32 Å². The SMILES string of the molecule is Cc1ccc(CCNc2nnns2)cc1. The van der Waals surface area contributed by atoms with Gasteiger partial charge >= 0.3 is 0 Å². The fourth-order valence-electron chi connectivity index (χ4n) is 1.27. The van der Waals surface area contributed by atoms with Crippen LogP contribution >= 0.6 is 11.5 Å². The quantitative estimate of drug-likeness (QED) is 0.855. The lowest BCUT2D eigenvalue weighted by Gasteiger charge is -2.02. The van der Waals surface area contributed by atoms with Crippen molar-refractivity contribution in [3.8, 4) is 0 Å². The van der Waals surface area contributed by atoms with Crippen LogP contribution in [0.1, 0.15) is 11.1 Å². The minimum absolute atomic E-state index is 0.780. The summed E-state index contributed by atoms with van der Waals surface area (Å²) in [5.41, 5.74) is 2.62. The summed E-state index contributed by atoms with van der Waals surface area (Å²) in [4.78, 5) is 0. The van der Waals surface area contributed by atoms with Gasteiger partial charge in [-0.2, -0.15) is 0 Å². The van der Waals surface area contributed by atoms with Crippen LogP contribution in [0.3, 0.4) is 0 Å². The molecule has 1 aromatic heterocycles. The largest absolute Gasteiger partial charge is 0.359 e. The number of rotatable bonds is 4. The smallest absolute Gasteiger partial charge is 0.225 e. The number of nitrogens with zero attached hydrogens (tertiary/aromatic N) is 3. The molecule has 0 unspecified atom stereocenters. The first-order chi connectivity index (χ1) is 7.34. The van der Waals surface area contributed by atoms with E-state index in [9.17, 15) is 0 Å². The predicted molar refractivity (Wildman–Crippen MR) is 61.1 cm³/mol. The van der Waals surface area contributed by atoms with Gasteiger partial charge in [-0.25, -0.2) is 0 Å². The summed E-state index contributed by atoms with van der Waals surface area (Å²) in [6.07, 6.45) is 0.986. The standard InChI is InChI=1S/C10H12N4S/c1-8-2-4-9(5-3-8)6-7-11-10-12-13-14-15-10/h2-5H,6-7H2,1H3,(H,11,12,14). The van der Waals surface area contributed by atoms with Gasteiger partial charge in [0.1, 0.15) is 0 Å². The summed E-state index contributed by atoms with van der Waals surface area (Å²) >= 11 is 1.28. The second-order valence-corrected chi connectivity index (χ2v) is 4.06. The first-order valence-corrected chi connectivity index (χ1v) is 5.56. The Labute approximate surface area is 92.5 Å². The Bertz CT molecular complexity index is 396. The van der Waals surface area contributed by atoms with Crippen LogP contribution in [0.2, 0.25) is 0 Å². The Morgan fingerprint density at radius 1 is 1.27 bits per heavy atom. The molecule has 0 fully saturated rings. The third-order valence-corrected chi connectivity index (χ3v) is 2.66. The van der Waals surface area contributed by atoms with Crippen molar-refractivity contribution in [2.75, 3.05) is 11.9 Å². The molecule has 0 aliphatic rings. The maximum atomic E-state index is 3.81. The van der Waals surface area contributed by atoms with Gasteiger partial charge in [0.15, 0.2) is 0 Å². The van der Waals surface area contributed by atoms with Gasteiger partial charge in [0.25, 0.3) is 0 Å². The van der Waals surface area contributed by atoms with Crippen LogP contribution < -0.4 is 5.32 Å². The van der Waals surface area contributed by atoms with E-state index in [1.54, 1.807) is 0 Å². The fraction of sp³-hybridized carbons (Fsp3) is 0.300. The minimum Gasteiger partial charge on any atom is -0.359 e. The van der Waals surface area contributed by atoms with E-state index < -0.39 is 0 Å². The molecule has 2 rings (SSSR count). The highest BCUT2D eigenvalue weighted by Gasteiger charge is 1.96. The second kappa shape index (κ2) is 4.84. The summed E-state index contributed by atoms with van der Waals surface area (Å²) < 4.78 is 3.68. The van der Waals surface area contributed by atoms with Gasteiger partial charge in [0.05, 0.1) is 0 Å². The normalized spacial score (nSPS) is 10.2. The van der Waals surface area contributed by atoms with Crippen molar-refractivity contribution < 1.29 is 0 Å². The number of benzene rings is 1. The van der Waals surface area contributed by atoms with Gasteiger partial charge in [-0.05, 0) is 24.1 Å². The summed E-state index contributed by atoms with van der Waals surface area (Å²) in [7, 11) is 0. The minimum atomic E-state index is 0.780. The number of aromatic nitrogens is 3. The third-order valence-electron chi connectivity index (χ3n) is 2.11. The molecule has 15 heavy (non-hydrogen) atoms. The maximum absolute atomic E-state index is 3.81. The van der Waals surface area contributed by atoms with E-state index in [4.69, 9.17) is 0 Å². The Kier molecular flexibility index (Phi) is 3.24. The molecular weight excluding hydrogens is 208 g/mol. The number of anilines is 1. The molecule has 0 spiro atoms. The highest BCUT2D eigenvalue weighted by Crippen LogP contribution is 2.06. The van der Waals surface area contributed by atoms with Crippen LogP contribution in [-0.2, 0) is 6.42 Å². The van der Waals surface area contributed by atoms with E-state index in [0.29, 0.717) is 0 Å². The fourth-order valence-corrected chi connectivity index (χ4v) is 1.66. The second-order valence-electron chi connectivity index (χ2n) is 3.33. The molecule has 2 aromatic rings. The average Bonchev–Trinajstić information content (AvgIpc) is 2.74. The van der Waals surface area contributed by atoms with Gasteiger partial charge in [-0.1, -0.05) is 39.4 Å². The van der Waals surface area contributed by atoms with E-state index in [2.05, 4.69) is 51.3 Å². The zero-order valence-corrected chi connectivity index (χ0v) is 9.29. The Morgan fingerprint density at radius 2 is 2.07 bits per heavy atom. The van der Waals surface area contributed by atoms with E-state index in [-0.39, 0.29) is 0 Å². The van der Waals surface area contributed by atoms with Crippen molar-refractivity contribution in [1.82, 2.24) is 14.8 Å². The van der Waals surface area contributed by atoms with Crippen LogP contribution in [0.15, 0.2) is 24.3 Å². The van der Waals surface area contributed by atoms with Crippen LogP contribution in [0, 0.1) is 6.92 Å². The van der Waals surface area contributed by atoms with E-state index in [1.807, 2.05) is 0 Å². The molecule has 0 saturated heterocycles. The molecule has 1 N–H and O–H groups in total. The molecule has 1 aromatic carbocycles. The monoisotopic (exact) mass is 220 g/mol. The van der Waals surface area contributed by atoms with Crippen molar-refractivity contribution in [2.24, 2.45) is 0 Å². The Balaban J connectivity index is 1.81. The summed E-state index contributed by atoms with van der Waals surface area (Å²) in [5.74, 6) is 0. The van der Waals surface area contributed by atoms with Crippen molar-refractivity contribution in [3.63, 3.8) is 0 Å². The van der Waals surface area contributed by atoms with Gasteiger partial charge in [0.2, 0.25) is 5.13 Å². The number of aryl methyl sites for hydroxylation is 1. The summed E-state index contributed by atoms with van der Waals surface area (Å²) in [5, 5.41) is 11.3. The maximum Gasteiger partial charge on any atom is 0.225 e. The Morgan fingerprint density at radius 3 is 2.73 bits per heavy atom. The van der Waals surface area contributed by atoms with Crippen LogP contribution in [0.5, 0.6) is 0 Å². The molecule has 4 nitrogen and oxygen atoms in total. The Hall–Kier alpha value is -1.49. The van der Waals surface area contributed by atoms with Crippen molar-refractivity contribution in [2.45, 2.75) is 13.3 Å². The molecule has 0 saturated carbocycles. The first kappa shape index (κ1) is 10.0. The lowest BCUT2D eigenvalue weighted by Crippen LogP contribution is -2.04. The third kappa shape index (κ3) is 2.99. The van der Waals surface area contributed by atoms with E-state index in [0.717, 1.165) is 18.1 Å². The lowest BCUT2D eigenvalue weighted by molar-refractivity contribution is 0.941. The first-order valence-electron chi connectivity index (χ1n) is 4.79. The number of hydrogen-bond donors (Lipinski definition) is 1. The molecule has 1 heterocycles. The van der Waals surface area contributed by atoms with E-state index >= 15 is 0 Å². The zero-order valence-electron chi connectivity index (χ0n) is 8.47. The topological polar surface area (TPSA) is 50.7 Å². The van der Waals surface area contributed by atoms with Crippen molar-refractivity contribution in [1.29, 1.82) is 0 Å². The van der Waals surface area contributed by atoms with Crippen molar-refractivity contribution in [3.05, 3.63) is 35.4 Å². The zero-order chi connectivity index (χ0) is 10.5. The molecule has 0 radical (unpaired) electrons. The highest BCUT2D eigenvalue weighted by atomic mass is 32.1. The molecule has 0 atom stereocenters. The van der Waals surface area contributed by atoms with Gasteiger partial charge in [-0.15, -0.1) is 0 Å². The summed E-state index contributed by atoms with van der Waals surface area (Å²) in [6, 6.07) is 8.55. The lowest BCUT2D eigenvalue weighted by atomic mass is 10.1. The molecule has 0 bridgehead atoms. The summed E-state index contributed by atoms with van der Waals surface area (Å²) in [6.45, 7) is 2.95. The molecular formula is C10H12N4S. The van der Waals surface area contributed by atoms with Crippen LogP contribution in [0.4, 0.5) is 5.13 Å². The molecule has 0 aliphatic carbocycles. The molecule has 0 aliphatic heterocycles. The average molecular weight is 220 g/mol. The molecule has 78 valence electrons. The van der Waals surface area contributed by atoms with Crippen LogP contribution in [0.25, 0.3) is 0 Å². The molecule has 5 heteroatoms. The van der Waals surface area contributed by atoms with Crippen LogP contribution in [-0.4, -0.2) is 21.3 Å². The van der Waals surface area contributed by atoms with Gasteiger partial charge in [-0.3, -0.25) is 0 Å². The predicted octanol–water partition coefficient (Wildman–Crippen LogP) is 1.90. The number of hydrogen-bond acceptors (Lipinski definition) is 5. The number of nitrogens with one attached hydrogen (secondary N) is 1. The van der Waals surface area contributed by atoms with Crippen molar-refractivity contribution >= 4 is 16.7 Å². The molecule has 0 amide bonds. The van der Waals surface area contributed by atoms with E-state index in [1.165, 1.54) is 22.7 Å². The van der Waals surface area contributed by atoms with Gasteiger partial charge in [0, 0.05) is 18.1 Å². The highest BCUT2D eigenvalue weighted by molar-refractivity contribution is 7.09.